The summed E-state index contributed by atoms with van der Waals surface area (Å²) in [5, 5.41) is 6.10. The summed E-state index contributed by atoms with van der Waals surface area (Å²) in [6.45, 7) is 2.77. The van der Waals surface area contributed by atoms with Gasteiger partial charge in [0, 0.05) is 39.6 Å². The molecule has 1 aliphatic heterocycles. The Balaban J connectivity index is 2.31. The van der Waals surface area contributed by atoms with Gasteiger partial charge in [-0.2, -0.15) is 17.5 Å². The maximum Gasteiger partial charge on any atom is 0.511 e. The Morgan fingerprint density at radius 3 is 2.41 bits per heavy atom. The standard InChI is InChI=1S/C15H27F3N4O4S/c1-3-26-13(23)5-4-8-20-14(19-2)21-11-12-6-9-22(10-7-12)27(24,25)15(16,17)18/h12H,3-11H2,1-2H3,(H2,19,20,21). The fourth-order valence-corrected chi connectivity index (χ4v) is 3.62. The molecule has 0 aromatic heterocycles. The normalized spacial score (nSPS) is 17.6. The maximum absolute atomic E-state index is 12.6. The lowest BCUT2D eigenvalue weighted by molar-refractivity contribution is -0.143. The van der Waals surface area contributed by atoms with Gasteiger partial charge in [-0.3, -0.25) is 9.79 Å². The van der Waals surface area contributed by atoms with Gasteiger partial charge in [0.2, 0.25) is 0 Å². The number of nitrogens with one attached hydrogen (secondary N) is 2. The summed E-state index contributed by atoms with van der Waals surface area (Å²) in [7, 11) is -3.66. The van der Waals surface area contributed by atoms with Gasteiger partial charge >= 0.3 is 21.5 Å². The van der Waals surface area contributed by atoms with Crippen LogP contribution in [0.15, 0.2) is 4.99 Å². The first-order valence-electron chi connectivity index (χ1n) is 8.78. The van der Waals surface area contributed by atoms with Crippen LogP contribution in [0.3, 0.4) is 0 Å². The van der Waals surface area contributed by atoms with Crippen molar-refractivity contribution in [3.8, 4) is 0 Å². The highest BCUT2D eigenvalue weighted by atomic mass is 32.2. The van der Waals surface area contributed by atoms with Crippen LogP contribution in [0.2, 0.25) is 0 Å². The molecule has 8 nitrogen and oxygen atoms in total. The lowest BCUT2D eigenvalue weighted by Gasteiger charge is -2.31. The molecular formula is C15H27F3N4O4S. The Morgan fingerprint density at radius 2 is 1.89 bits per heavy atom. The zero-order chi connectivity index (χ0) is 20.5. The van der Waals surface area contributed by atoms with Gasteiger partial charge in [0.15, 0.2) is 5.96 Å². The van der Waals surface area contributed by atoms with Crippen LogP contribution in [0.1, 0.15) is 32.6 Å². The Hall–Kier alpha value is -1.56. The van der Waals surface area contributed by atoms with Crippen LogP contribution < -0.4 is 10.6 Å². The summed E-state index contributed by atoms with van der Waals surface area (Å²) >= 11 is 0. The van der Waals surface area contributed by atoms with E-state index in [2.05, 4.69) is 15.6 Å². The van der Waals surface area contributed by atoms with Crippen molar-refractivity contribution in [2.75, 3.05) is 39.8 Å². The molecule has 0 amide bonds. The second-order valence-corrected chi connectivity index (χ2v) is 8.01. The SMILES string of the molecule is CCOC(=O)CCCNC(=NC)NCC1CCN(S(=O)(=O)C(F)(F)F)CC1. The minimum Gasteiger partial charge on any atom is -0.466 e. The first-order chi connectivity index (χ1) is 12.6. The highest BCUT2D eigenvalue weighted by Crippen LogP contribution is 2.30. The predicted octanol–water partition coefficient (Wildman–Crippen LogP) is 1.06. The van der Waals surface area contributed by atoms with Crippen molar-refractivity contribution in [1.82, 2.24) is 14.9 Å². The molecule has 158 valence electrons. The van der Waals surface area contributed by atoms with Crippen LogP contribution in [0.5, 0.6) is 0 Å². The van der Waals surface area contributed by atoms with Crippen LogP contribution in [0.25, 0.3) is 0 Å². The number of aliphatic imine (C=N–C) groups is 1. The molecule has 1 fully saturated rings. The number of alkyl halides is 3. The number of esters is 1. The van der Waals surface area contributed by atoms with Crippen LogP contribution in [0, 0.1) is 5.92 Å². The summed E-state index contributed by atoms with van der Waals surface area (Å²) in [5.41, 5.74) is -5.26. The number of carbonyl (C=O) groups excluding carboxylic acids is 1. The Morgan fingerprint density at radius 1 is 1.26 bits per heavy atom. The average Bonchev–Trinajstić information content (AvgIpc) is 2.60. The fourth-order valence-electron chi connectivity index (χ4n) is 2.63. The number of rotatable bonds is 8. The van der Waals surface area contributed by atoms with Crippen molar-refractivity contribution in [2.45, 2.75) is 38.1 Å². The summed E-state index contributed by atoms with van der Waals surface area (Å²) in [5.74, 6) is 0.301. The average molecular weight is 416 g/mol. The smallest absolute Gasteiger partial charge is 0.466 e. The molecule has 0 bridgehead atoms. The van der Waals surface area contributed by atoms with E-state index in [1.807, 2.05) is 0 Å². The lowest BCUT2D eigenvalue weighted by Crippen LogP contribution is -2.47. The number of ether oxygens (including phenoxy) is 1. The van der Waals surface area contributed by atoms with E-state index >= 15 is 0 Å². The number of hydrogen-bond donors (Lipinski definition) is 2. The molecule has 0 aromatic carbocycles. The largest absolute Gasteiger partial charge is 0.511 e. The van der Waals surface area contributed by atoms with E-state index in [0.29, 0.717) is 55.6 Å². The molecule has 0 atom stereocenters. The molecule has 0 spiro atoms. The first-order valence-corrected chi connectivity index (χ1v) is 10.2. The lowest BCUT2D eigenvalue weighted by atomic mass is 9.98. The Bertz CT molecular complexity index is 603. The number of sulfonamides is 1. The molecule has 0 unspecified atom stereocenters. The van der Waals surface area contributed by atoms with Gasteiger partial charge in [0.1, 0.15) is 0 Å². The Kier molecular flexibility index (Phi) is 9.30. The fraction of sp³-hybridized carbons (Fsp3) is 0.867. The summed E-state index contributed by atoms with van der Waals surface area (Å²) in [6, 6.07) is 0. The van der Waals surface area contributed by atoms with Crippen molar-refractivity contribution in [3.05, 3.63) is 0 Å². The third-order valence-corrected chi connectivity index (χ3v) is 5.77. The molecule has 1 saturated heterocycles. The molecule has 1 rings (SSSR count). The zero-order valence-corrected chi connectivity index (χ0v) is 16.3. The second kappa shape index (κ2) is 10.7. The number of carbonyl (C=O) groups is 1. The third kappa shape index (κ3) is 7.53. The van der Waals surface area contributed by atoms with E-state index in [1.54, 1.807) is 14.0 Å². The van der Waals surface area contributed by atoms with Gasteiger partial charge in [0.25, 0.3) is 0 Å². The Labute approximate surface area is 157 Å². The number of halogens is 3. The molecule has 0 saturated carbocycles. The number of guanidine groups is 1. The van der Waals surface area contributed by atoms with Gasteiger partial charge in [-0.25, -0.2) is 8.42 Å². The van der Waals surface area contributed by atoms with Gasteiger partial charge in [-0.15, -0.1) is 0 Å². The van der Waals surface area contributed by atoms with E-state index in [-0.39, 0.29) is 25.0 Å². The minimum absolute atomic E-state index is 0.0442. The van der Waals surface area contributed by atoms with E-state index < -0.39 is 15.5 Å². The van der Waals surface area contributed by atoms with Crippen molar-refractivity contribution < 1.29 is 31.1 Å². The highest BCUT2D eigenvalue weighted by molar-refractivity contribution is 7.90. The molecule has 0 aromatic rings. The summed E-state index contributed by atoms with van der Waals surface area (Å²) in [6.07, 6.45) is 1.54. The minimum atomic E-state index is -5.26. The number of nitrogens with zero attached hydrogens (tertiary/aromatic N) is 2. The molecule has 27 heavy (non-hydrogen) atoms. The van der Waals surface area contributed by atoms with Gasteiger partial charge in [0.05, 0.1) is 6.61 Å². The van der Waals surface area contributed by atoms with Crippen LogP contribution in [0.4, 0.5) is 13.2 Å². The molecule has 1 heterocycles. The van der Waals surface area contributed by atoms with E-state index in [1.165, 1.54) is 0 Å². The monoisotopic (exact) mass is 416 g/mol. The maximum atomic E-state index is 12.6. The number of hydrogen-bond acceptors (Lipinski definition) is 5. The van der Waals surface area contributed by atoms with Crippen molar-refractivity contribution in [1.29, 1.82) is 0 Å². The first kappa shape index (κ1) is 23.5. The van der Waals surface area contributed by atoms with Crippen molar-refractivity contribution in [2.24, 2.45) is 10.9 Å². The second-order valence-electron chi connectivity index (χ2n) is 6.08. The molecular weight excluding hydrogens is 389 g/mol. The van der Waals surface area contributed by atoms with Crippen molar-refractivity contribution in [3.63, 3.8) is 0 Å². The molecule has 12 heteroatoms. The summed E-state index contributed by atoms with van der Waals surface area (Å²) < 4.78 is 65.8. The van der Waals surface area contributed by atoms with Gasteiger partial charge in [-0.1, -0.05) is 0 Å². The molecule has 2 N–H and O–H groups in total. The topological polar surface area (TPSA) is 100 Å². The quantitative estimate of drug-likeness (QED) is 0.266. The highest BCUT2D eigenvalue weighted by Gasteiger charge is 2.50. The molecule has 1 aliphatic rings. The number of piperidine rings is 1. The third-order valence-electron chi connectivity index (χ3n) is 4.14. The molecule has 0 radical (unpaired) electrons. The zero-order valence-electron chi connectivity index (χ0n) is 15.5. The van der Waals surface area contributed by atoms with E-state index in [4.69, 9.17) is 4.74 Å². The van der Waals surface area contributed by atoms with Crippen molar-refractivity contribution >= 4 is 22.0 Å². The molecule has 0 aliphatic carbocycles. The predicted molar refractivity (Wildman–Crippen MR) is 94.5 cm³/mol. The van der Waals surface area contributed by atoms with Crippen LogP contribution in [-0.2, 0) is 19.6 Å². The van der Waals surface area contributed by atoms with Gasteiger partial charge < -0.3 is 15.4 Å². The van der Waals surface area contributed by atoms with E-state index in [9.17, 15) is 26.4 Å². The van der Waals surface area contributed by atoms with E-state index in [0.717, 1.165) is 0 Å². The van der Waals surface area contributed by atoms with Crippen LogP contribution in [-0.4, -0.2) is 70.0 Å². The summed E-state index contributed by atoms with van der Waals surface area (Å²) in [4.78, 5) is 15.3. The van der Waals surface area contributed by atoms with Crippen LogP contribution >= 0.6 is 0 Å². The van der Waals surface area contributed by atoms with Gasteiger partial charge in [-0.05, 0) is 32.1 Å².